The second kappa shape index (κ2) is 9.68. The summed E-state index contributed by atoms with van der Waals surface area (Å²) in [6.07, 6.45) is 2.59. The number of hydrogen-bond acceptors (Lipinski definition) is 4. The zero-order valence-electron chi connectivity index (χ0n) is 12.7. The Morgan fingerprint density at radius 3 is 2.55 bits per heavy atom. The molecule has 1 fully saturated rings. The summed E-state index contributed by atoms with van der Waals surface area (Å²) in [6, 6.07) is 0. The minimum absolute atomic E-state index is 0.444. The van der Waals surface area contributed by atoms with E-state index in [0.29, 0.717) is 45.2 Å². The molecular weight excluding hydrogens is 278 g/mol. The van der Waals surface area contributed by atoms with Crippen molar-refractivity contribution < 1.29 is 13.2 Å². The Kier molecular flexibility index (Phi) is 8.63. The molecule has 120 valence electrons. The van der Waals surface area contributed by atoms with E-state index in [-0.39, 0.29) is 0 Å². The summed E-state index contributed by atoms with van der Waals surface area (Å²) in [5, 5.41) is 3.33. The quantitative estimate of drug-likeness (QED) is 0.579. The Balaban J connectivity index is 2.24. The molecule has 0 aromatic heterocycles. The third kappa shape index (κ3) is 6.49. The van der Waals surface area contributed by atoms with Gasteiger partial charge < -0.3 is 10.1 Å². The van der Waals surface area contributed by atoms with Crippen molar-refractivity contribution in [3.05, 3.63) is 0 Å². The van der Waals surface area contributed by atoms with E-state index in [2.05, 4.69) is 17.0 Å². The van der Waals surface area contributed by atoms with Crippen molar-refractivity contribution in [2.24, 2.45) is 5.92 Å². The zero-order chi connectivity index (χ0) is 14.8. The SMILES string of the molecule is CCNCC1CCN(S(=O)(=O)NCCCOCC)CC1. The molecule has 1 rings (SSSR count). The normalized spacial score (nSPS) is 18.5. The van der Waals surface area contributed by atoms with Crippen LogP contribution in [0, 0.1) is 5.92 Å². The summed E-state index contributed by atoms with van der Waals surface area (Å²) in [5.41, 5.74) is 0. The van der Waals surface area contributed by atoms with Gasteiger partial charge in [-0.15, -0.1) is 0 Å². The number of piperidine rings is 1. The molecule has 1 aliphatic heterocycles. The minimum atomic E-state index is -3.31. The van der Waals surface area contributed by atoms with Gasteiger partial charge in [0.1, 0.15) is 0 Å². The Bertz CT molecular complexity index is 341. The van der Waals surface area contributed by atoms with Crippen LogP contribution in [0.15, 0.2) is 0 Å². The molecule has 0 aromatic carbocycles. The second-order valence-electron chi connectivity index (χ2n) is 5.10. The molecule has 0 radical (unpaired) electrons. The molecule has 0 bridgehead atoms. The molecule has 0 atom stereocenters. The van der Waals surface area contributed by atoms with Gasteiger partial charge in [-0.25, -0.2) is 4.72 Å². The van der Waals surface area contributed by atoms with Crippen LogP contribution in [0.25, 0.3) is 0 Å². The summed E-state index contributed by atoms with van der Waals surface area (Å²) in [6.45, 7) is 8.95. The molecule has 0 unspecified atom stereocenters. The van der Waals surface area contributed by atoms with E-state index in [9.17, 15) is 8.42 Å². The predicted octanol–water partition coefficient (Wildman–Crippen LogP) is 0.569. The zero-order valence-corrected chi connectivity index (χ0v) is 13.5. The highest BCUT2D eigenvalue weighted by atomic mass is 32.2. The Morgan fingerprint density at radius 2 is 1.95 bits per heavy atom. The smallest absolute Gasteiger partial charge is 0.279 e. The van der Waals surface area contributed by atoms with Crippen LogP contribution in [0.1, 0.15) is 33.1 Å². The van der Waals surface area contributed by atoms with Crippen LogP contribution in [-0.4, -0.2) is 58.7 Å². The van der Waals surface area contributed by atoms with Crippen molar-refractivity contribution in [2.45, 2.75) is 33.1 Å². The highest BCUT2D eigenvalue weighted by Gasteiger charge is 2.27. The fourth-order valence-corrected chi connectivity index (χ4v) is 3.59. The molecule has 2 N–H and O–H groups in total. The highest BCUT2D eigenvalue weighted by Crippen LogP contribution is 2.18. The van der Waals surface area contributed by atoms with E-state index in [1.54, 1.807) is 4.31 Å². The maximum atomic E-state index is 12.1. The van der Waals surface area contributed by atoms with E-state index < -0.39 is 10.2 Å². The van der Waals surface area contributed by atoms with Crippen LogP contribution in [0.3, 0.4) is 0 Å². The topological polar surface area (TPSA) is 70.7 Å². The molecule has 0 spiro atoms. The van der Waals surface area contributed by atoms with Gasteiger partial charge in [0.25, 0.3) is 10.2 Å². The van der Waals surface area contributed by atoms with Crippen LogP contribution in [0.2, 0.25) is 0 Å². The van der Waals surface area contributed by atoms with E-state index in [1.165, 1.54) is 0 Å². The van der Waals surface area contributed by atoms with Gasteiger partial charge in [0, 0.05) is 32.8 Å². The molecule has 0 amide bonds. The fourth-order valence-electron chi connectivity index (χ4n) is 2.31. The second-order valence-corrected chi connectivity index (χ2v) is 6.86. The van der Waals surface area contributed by atoms with Gasteiger partial charge in [0.15, 0.2) is 0 Å². The van der Waals surface area contributed by atoms with Gasteiger partial charge >= 0.3 is 0 Å². The first-order valence-electron chi connectivity index (χ1n) is 7.63. The first-order chi connectivity index (χ1) is 9.60. The Morgan fingerprint density at radius 1 is 1.25 bits per heavy atom. The van der Waals surface area contributed by atoms with Crippen LogP contribution in [0.5, 0.6) is 0 Å². The summed E-state index contributed by atoms with van der Waals surface area (Å²) in [4.78, 5) is 0. The maximum Gasteiger partial charge on any atom is 0.279 e. The Hall–Kier alpha value is -0.210. The number of nitrogens with zero attached hydrogens (tertiary/aromatic N) is 1. The van der Waals surface area contributed by atoms with Crippen molar-refractivity contribution in [3.63, 3.8) is 0 Å². The van der Waals surface area contributed by atoms with E-state index >= 15 is 0 Å². The lowest BCUT2D eigenvalue weighted by Crippen LogP contribution is -2.46. The van der Waals surface area contributed by atoms with Gasteiger partial charge in [0.2, 0.25) is 0 Å². The van der Waals surface area contributed by atoms with Gasteiger partial charge in [0.05, 0.1) is 0 Å². The summed E-state index contributed by atoms with van der Waals surface area (Å²) < 4.78 is 33.6. The maximum absolute atomic E-state index is 12.1. The van der Waals surface area contributed by atoms with Crippen molar-refractivity contribution in [3.8, 4) is 0 Å². The Labute approximate surface area is 123 Å². The van der Waals surface area contributed by atoms with Crippen LogP contribution in [-0.2, 0) is 14.9 Å². The van der Waals surface area contributed by atoms with Crippen LogP contribution < -0.4 is 10.0 Å². The predicted molar refractivity (Wildman–Crippen MR) is 80.9 cm³/mol. The third-order valence-electron chi connectivity index (χ3n) is 3.55. The lowest BCUT2D eigenvalue weighted by Gasteiger charge is -2.31. The van der Waals surface area contributed by atoms with Crippen LogP contribution in [0.4, 0.5) is 0 Å². The fraction of sp³-hybridized carbons (Fsp3) is 1.00. The minimum Gasteiger partial charge on any atom is -0.382 e. The molecule has 7 heteroatoms. The molecule has 0 saturated carbocycles. The largest absolute Gasteiger partial charge is 0.382 e. The highest BCUT2D eigenvalue weighted by molar-refractivity contribution is 7.87. The molecule has 1 heterocycles. The van der Waals surface area contributed by atoms with Crippen molar-refractivity contribution in [2.75, 3.05) is 45.9 Å². The summed E-state index contributed by atoms with van der Waals surface area (Å²) in [7, 11) is -3.31. The van der Waals surface area contributed by atoms with Crippen molar-refractivity contribution in [1.82, 2.24) is 14.3 Å². The van der Waals surface area contributed by atoms with Crippen LogP contribution >= 0.6 is 0 Å². The standard InChI is InChI=1S/C13H29N3O3S/c1-3-14-12-13-6-9-16(10-7-13)20(17,18)15-8-5-11-19-4-2/h13-15H,3-12H2,1-2H3. The first-order valence-corrected chi connectivity index (χ1v) is 9.07. The van der Waals surface area contributed by atoms with E-state index in [4.69, 9.17) is 4.74 Å². The van der Waals surface area contributed by atoms with Gasteiger partial charge in [-0.2, -0.15) is 12.7 Å². The van der Waals surface area contributed by atoms with E-state index in [1.807, 2.05) is 6.92 Å². The number of nitrogens with one attached hydrogen (secondary N) is 2. The molecule has 20 heavy (non-hydrogen) atoms. The lowest BCUT2D eigenvalue weighted by atomic mass is 9.98. The summed E-state index contributed by atoms with van der Waals surface area (Å²) >= 11 is 0. The summed E-state index contributed by atoms with van der Waals surface area (Å²) in [5.74, 6) is 0.597. The molecule has 6 nitrogen and oxygen atoms in total. The molecule has 1 saturated heterocycles. The molecular formula is C13H29N3O3S. The number of rotatable bonds is 10. The number of hydrogen-bond donors (Lipinski definition) is 2. The van der Waals surface area contributed by atoms with Gasteiger partial charge in [-0.1, -0.05) is 6.92 Å². The first kappa shape index (κ1) is 17.8. The molecule has 0 aromatic rings. The third-order valence-corrected chi connectivity index (χ3v) is 5.16. The van der Waals surface area contributed by atoms with E-state index in [0.717, 1.165) is 25.9 Å². The van der Waals surface area contributed by atoms with Gasteiger partial charge in [-0.05, 0) is 45.2 Å². The van der Waals surface area contributed by atoms with Crippen molar-refractivity contribution >= 4 is 10.2 Å². The van der Waals surface area contributed by atoms with Gasteiger partial charge in [-0.3, -0.25) is 0 Å². The van der Waals surface area contributed by atoms with Crippen molar-refractivity contribution in [1.29, 1.82) is 0 Å². The average molecular weight is 307 g/mol. The lowest BCUT2D eigenvalue weighted by molar-refractivity contribution is 0.145. The molecule has 1 aliphatic rings. The molecule has 0 aliphatic carbocycles. The number of ether oxygens (including phenoxy) is 1. The monoisotopic (exact) mass is 307 g/mol. The average Bonchev–Trinajstić information content (AvgIpc) is 2.45.